The second kappa shape index (κ2) is 9.89. The first-order chi connectivity index (χ1) is 9.69. The molecule has 0 saturated carbocycles. The molecule has 0 radical (unpaired) electrons. The normalized spacial score (nSPS) is 12.6. The summed E-state index contributed by atoms with van der Waals surface area (Å²) in [6.45, 7) is 6.73. The third kappa shape index (κ3) is 6.02. The van der Waals surface area contributed by atoms with Crippen molar-refractivity contribution in [1.29, 1.82) is 0 Å². The maximum atomic E-state index is 5.83. The van der Waals surface area contributed by atoms with Crippen molar-refractivity contribution in [2.75, 3.05) is 13.1 Å². The molecule has 112 valence electrons. The van der Waals surface area contributed by atoms with Crippen LogP contribution in [0.2, 0.25) is 0 Å². The predicted molar refractivity (Wildman–Crippen MR) is 92.0 cm³/mol. The highest BCUT2D eigenvalue weighted by Gasteiger charge is 2.20. The van der Waals surface area contributed by atoms with Crippen molar-refractivity contribution in [1.82, 2.24) is 4.90 Å². The molecule has 0 aliphatic heterocycles. The minimum absolute atomic E-state index is 0.326. The zero-order chi connectivity index (χ0) is 14.8. The summed E-state index contributed by atoms with van der Waals surface area (Å²) >= 11 is 5.17. The predicted octanol–water partition coefficient (Wildman–Crippen LogP) is 4.31. The molecule has 0 amide bonds. The quantitative estimate of drug-likeness (QED) is 0.652. The van der Waals surface area contributed by atoms with Gasteiger partial charge in [-0.3, -0.25) is 4.90 Å². The Morgan fingerprint density at radius 2 is 1.65 bits per heavy atom. The minimum atomic E-state index is 0.326. The molecular weight excluding hydrogens is 264 g/mol. The Kier molecular flexibility index (Phi) is 8.47. The number of hydrogen-bond donors (Lipinski definition) is 1. The molecule has 1 unspecified atom stereocenters. The number of thiocarbonyl (C=S) groups is 1. The number of benzene rings is 1. The molecule has 3 heteroatoms. The Bertz CT molecular complexity index is 370. The fourth-order valence-electron chi connectivity index (χ4n) is 2.47. The highest BCUT2D eigenvalue weighted by atomic mass is 32.1. The first-order valence-electron chi connectivity index (χ1n) is 7.76. The molecule has 0 aliphatic carbocycles. The highest BCUT2D eigenvalue weighted by Crippen LogP contribution is 2.25. The van der Waals surface area contributed by atoms with Crippen molar-refractivity contribution in [3.8, 4) is 0 Å². The molecule has 1 atom stereocenters. The van der Waals surface area contributed by atoms with Crippen LogP contribution in [-0.4, -0.2) is 23.0 Å². The van der Waals surface area contributed by atoms with Crippen LogP contribution in [0.3, 0.4) is 0 Å². The van der Waals surface area contributed by atoms with Crippen molar-refractivity contribution < 1.29 is 0 Å². The number of nitrogens with zero attached hydrogens (tertiary/aromatic N) is 1. The van der Waals surface area contributed by atoms with Crippen LogP contribution in [0.25, 0.3) is 0 Å². The van der Waals surface area contributed by atoms with Gasteiger partial charge in [-0.1, -0.05) is 69.2 Å². The summed E-state index contributed by atoms with van der Waals surface area (Å²) in [7, 11) is 0. The Balaban J connectivity index is 2.87. The van der Waals surface area contributed by atoms with E-state index in [1.165, 1.54) is 31.2 Å². The van der Waals surface area contributed by atoms with Gasteiger partial charge in [0.1, 0.15) is 0 Å². The number of hydrogen-bond acceptors (Lipinski definition) is 2. The molecule has 2 N–H and O–H groups in total. The zero-order valence-electron chi connectivity index (χ0n) is 12.8. The van der Waals surface area contributed by atoms with Crippen LogP contribution in [-0.2, 0) is 0 Å². The van der Waals surface area contributed by atoms with E-state index in [9.17, 15) is 0 Å². The van der Waals surface area contributed by atoms with Crippen LogP contribution in [0.15, 0.2) is 30.3 Å². The summed E-state index contributed by atoms with van der Waals surface area (Å²) in [5, 5.41) is 0. The lowest BCUT2D eigenvalue weighted by molar-refractivity contribution is 0.195. The molecule has 0 fully saturated rings. The summed E-state index contributed by atoms with van der Waals surface area (Å²) in [6.07, 6.45) is 5.66. The van der Waals surface area contributed by atoms with Crippen LogP contribution in [0.4, 0.5) is 0 Å². The van der Waals surface area contributed by atoms with E-state index in [2.05, 4.69) is 49.1 Å². The summed E-state index contributed by atoms with van der Waals surface area (Å²) < 4.78 is 0. The summed E-state index contributed by atoms with van der Waals surface area (Å²) in [5.41, 5.74) is 7.16. The summed E-state index contributed by atoms with van der Waals surface area (Å²) in [5.74, 6) is 0. The largest absolute Gasteiger partial charge is 0.393 e. The molecule has 20 heavy (non-hydrogen) atoms. The van der Waals surface area contributed by atoms with Gasteiger partial charge in [-0.25, -0.2) is 0 Å². The van der Waals surface area contributed by atoms with E-state index >= 15 is 0 Å². The lowest BCUT2D eigenvalue weighted by atomic mass is 10.0. The Labute approximate surface area is 129 Å². The van der Waals surface area contributed by atoms with Crippen molar-refractivity contribution in [2.45, 2.75) is 52.0 Å². The molecule has 0 saturated heterocycles. The topological polar surface area (TPSA) is 29.3 Å². The Morgan fingerprint density at radius 1 is 1.10 bits per heavy atom. The van der Waals surface area contributed by atoms with Crippen LogP contribution in [0, 0.1) is 0 Å². The Morgan fingerprint density at radius 3 is 2.10 bits per heavy atom. The van der Waals surface area contributed by atoms with E-state index in [1.54, 1.807) is 0 Å². The first-order valence-corrected chi connectivity index (χ1v) is 8.17. The number of nitrogens with two attached hydrogens (primary N) is 1. The molecule has 0 heterocycles. The third-order valence-corrected chi connectivity index (χ3v) is 3.78. The number of unbranched alkanes of at least 4 members (excludes halogenated alkanes) is 2. The summed E-state index contributed by atoms with van der Waals surface area (Å²) in [4.78, 5) is 3.17. The molecule has 2 nitrogen and oxygen atoms in total. The van der Waals surface area contributed by atoms with E-state index < -0.39 is 0 Å². The van der Waals surface area contributed by atoms with Crippen molar-refractivity contribution in [3.63, 3.8) is 0 Å². The monoisotopic (exact) mass is 292 g/mol. The van der Waals surface area contributed by atoms with Gasteiger partial charge in [-0.2, -0.15) is 0 Å². The van der Waals surface area contributed by atoms with E-state index in [0.717, 1.165) is 19.5 Å². The first kappa shape index (κ1) is 17.1. The van der Waals surface area contributed by atoms with Gasteiger partial charge < -0.3 is 5.73 Å². The number of rotatable bonds is 10. The standard InChI is InChI=1S/C17H28N2S/c1-3-5-12-19(13-6-4-2)16(14-17(18)20)15-10-8-7-9-11-15/h7-11,16H,3-6,12-14H2,1-2H3,(H2,18,20). The van der Waals surface area contributed by atoms with Gasteiger partial charge in [0.05, 0.1) is 4.99 Å². The highest BCUT2D eigenvalue weighted by molar-refractivity contribution is 7.80. The van der Waals surface area contributed by atoms with Crippen LogP contribution >= 0.6 is 12.2 Å². The molecule has 0 bridgehead atoms. The summed E-state index contributed by atoms with van der Waals surface area (Å²) in [6, 6.07) is 11.0. The van der Waals surface area contributed by atoms with Gasteiger partial charge >= 0.3 is 0 Å². The van der Waals surface area contributed by atoms with E-state index in [0.29, 0.717) is 11.0 Å². The average Bonchev–Trinajstić information content (AvgIpc) is 2.46. The lowest BCUT2D eigenvalue weighted by Gasteiger charge is -2.32. The lowest BCUT2D eigenvalue weighted by Crippen LogP contribution is -2.33. The van der Waals surface area contributed by atoms with Gasteiger partial charge in [0, 0.05) is 12.5 Å². The molecule has 1 aromatic carbocycles. The van der Waals surface area contributed by atoms with Crippen molar-refractivity contribution in [3.05, 3.63) is 35.9 Å². The zero-order valence-corrected chi connectivity index (χ0v) is 13.7. The molecule has 1 rings (SSSR count). The van der Waals surface area contributed by atoms with Gasteiger partial charge in [-0.15, -0.1) is 0 Å². The SMILES string of the molecule is CCCCN(CCCC)C(CC(N)=S)c1ccccc1. The van der Waals surface area contributed by atoms with E-state index in [1.807, 2.05) is 0 Å². The second-order valence-corrected chi connectivity index (χ2v) is 5.86. The maximum Gasteiger partial charge on any atom is 0.0746 e. The van der Waals surface area contributed by atoms with Crippen LogP contribution in [0.5, 0.6) is 0 Å². The average molecular weight is 292 g/mol. The van der Waals surface area contributed by atoms with Crippen LogP contribution in [0.1, 0.15) is 57.6 Å². The van der Waals surface area contributed by atoms with Crippen LogP contribution < -0.4 is 5.73 Å². The van der Waals surface area contributed by atoms with E-state index in [4.69, 9.17) is 18.0 Å². The van der Waals surface area contributed by atoms with Gasteiger partial charge in [-0.05, 0) is 31.5 Å². The molecule has 0 aliphatic rings. The Hall–Kier alpha value is -0.930. The molecule has 0 aromatic heterocycles. The fraction of sp³-hybridized carbons (Fsp3) is 0.588. The van der Waals surface area contributed by atoms with Gasteiger partial charge in [0.15, 0.2) is 0 Å². The van der Waals surface area contributed by atoms with E-state index in [-0.39, 0.29) is 0 Å². The minimum Gasteiger partial charge on any atom is -0.393 e. The van der Waals surface area contributed by atoms with Gasteiger partial charge in [0.2, 0.25) is 0 Å². The van der Waals surface area contributed by atoms with Crippen molar-refractivity contribution in [2.24, 2.45) is 5.73 Å². The second-order valence-electron chi connectivity index (χ2n) is 5.34. The molecule has 0 spiro atoms. The third-order valence-electron chi connectivity index (χ3n) is 3.62. The smallest absolute Gasteiger partial charge is 0.0746 e. The fourth-order valence-corrected chi connectivity index (χ4v) is 2.63. The van der Waals surface area contributed by atoms with Gasteiger partial charge in [0.25, 0.3) is 0 Å². The molecule has 1 aromatic rings. The maximum absolute atomic E-state index is 5.83. The molecular formula is C17H28N2S. The van der Waals surface area contributed by atoms with Crippen molar-refractivity contribution >= 4 is 17.2 Å².